The smallest absolute Gasteiger partial charge is 0.319 e. The molecule has 5 N–H and O–H groups in total. The minimum Gasteiger partial charge on any atom is -0.479 e. The van der Waals surface area contributed by atoms with Crippen molar-refractivity contribution in [1.29, 1.82) is 0 Å². The van der Waals surface area contributed by atoms with Crippen molar-refractivity contribution >= 4 is 23.3 Å². The number of rotatable bonds is 5. The van der Waals surface area contributed by atoms with E-state index in [1.54, 1.807) is 18.2 Å². The van der Waals surface area contributed by atoms with Crippen LogP contribution in [0.1, 0.15) is 12.8 Å². The van der Waals surface area contributed by atoms with Gasteiger partial charge in [-0.2, -0.15) is 0 Å². The molecule has 0 bridgehead atoms. The lowest BCUT2D eigenvalue weighted by atomic mass is 9.60. The number of hydrogen-bond acceptors (Lipinski definition) is 5. The number of benzene rings is 1. The molecule has 0 saturated heterocycles. The number of amides is 3. The molecule has 1 aromatic rings. The zero-order chi connectivity index (χ0) is 17.2. The molecule has 0 aromatic heterocycles. The quantitative estimate of drug-likeness (QED) is 0.537. The molecule has 24 heavy (non-hydrogen) atoms. The zero-order valence-electron chi connectivity index (χ0n) is 13.2. The highest BCUT2D eigenvalue weighted by molar-refractivity contribution is 5.99. The molecule has 0 radical (unpaired) electrons. The third kappa shape index (κ3) is 3.02. The van der Waals surface area contributed by atoms with Gasteiger partial charge in [0.15, 0.2) is 12.4 Å². The van der Waals surface area contributed by atoms with E-state index in [9.17, 15) is 19.8 Å². The van der Waals surface area contributed by atoms with Crippen molar-refractivity contribution in [2.75, 3.05) is 37.0 Å². The first-order chi connectivity index (χ1) is 11.6. The maximum Gasteiger partial charge on any atom is 0.319 e. The van der Waals surface area contributed by atoms with Crippen molar-refractivity contribution in [3.8, 4) is 5.75 Å². The van der Waals surface area contributed by atoms with Gasteiger partial charge < -0.3 is 30.9 Å². The first-order valence-electron chi connectivity index (χ1n) is 7.90. The molecule has 1 aliphatic heterocycles. The van der Waals surface area contributed by atoms with E-state index >= 15 is 0 Å². The van der Waals surface area contributed by atoms with Gasteiger partial charge in [0.1, 0.15) is 0 Å². The van der Waals surface area contributed by atoms with Gasteiger partial charge in [0.25, 0.3) is 5.91 Å². The van der Waals surface area contributed by atoms with Gasteiger partial charge in [0.2, 0.25) is 0 Å². The maximum atomic E-state index is 12.2. The van der Waals surface area contributed by atoms with Crippen LogP contribution in [0.3, 0.4) is 0 Å². The Bertz CT molecular complexity index is 645. The summed E-state index contributed by atoms with van der Waals surface area (Å²) in [5, 5.41) is 27.0. The predicted molar refractivity (Wildman–Crippen MR) is 86.9 cm³/mol. The number of fused-ring (bicyclic) bond motifs is 1. The first kappa shape index (κ1) is 16.5. The Hall–Kier alpha value is -2.32. The molecule has 2 unspecified atom stereocenters. The second kappa shape index (κ2) is 6.66. The Kier molecular flexibility index (Phi) is 4.59. The number of ether oxygens (including phenoxy) is 1. The van der Waals surface area contributed by atoms with Crippen LogP contribution < -0.4 is 20.7 Å². The summed E-state index contributed by atoms with van der Waals surface area (Å²) in [5.74, 6) is 0.181. The summed E-state index contributed by atoms with van der Waals surface area (Å²) < 4.78 is 5.37. The van der Waals surface area contributed by atoms with E-state index in [0.717, 1.165) is 12.8 Å². The SMILES string of the molecule is O=C1COc2c(cccc2NC(=O)NCC2(CO)CCC2CO)N1. The summed E-state index contributed by atoms with van der Waals surface area (Å²) in [5.41, 5.74) is 0.512. The van der Waals surface area contributed by atoms with Crippen molar-refractivity contribution in [2.45, 2.75) is 12.8 Å². The highest BCUT2D eigenvalue weighted by atomic mass is 16.5. The van der Waals surface area contributed by atoms with Crippen molar-refractivity contribution in [2.24, 2.45) is 11.3 Å². The monoisotopic (exact) mass is 335 g/mol. The van der Waals surface area contributed by atoms with Crippen molar-refractivity contribution in [1.82, 2.24) is 5.32 Å². The number of aliphatic hydroxyl groups excluding tert-OH is 2. The van der Waals surface area contributed by atoms with Crippen LogP contribution in [0.15, 0.2) is 18.2 Å². The fourth-order valence-electron chi connectivity index (χ4n) is 3.17. The molecule has 8 nitrogen and oxygen atoms in total. The summed E-state index contributed by atoms with van der Waals surface area (Å²) in [4.78, 5) is 23.5. The van der Waals surface area contributed by atoms with Crippen molar-refractivity contribution in [3.05, 3.63) is 18.2 Å². The number of carbonyl (C=O) groups excluding carboxylic acids is 2. The van der Waals surface area contributed by atoms with Gasteiger partial charge >= 0.3 is 6.03 Å². The second-order valence-corrected chi connectivity index (χ2v) is 6.27. The Morgan fingerprint density at radius 3 is 2.92 bits per heavy atom. The van der Waals surface area contributed by atoms with Gasteiger partial charge in [-0.1, -0.05) is 6.07 Å². The number of aliphatic hydroxyl groups is 2. The van der Waals surface area contributed by atoms with Crippen molar-refractivity contribution in [3.63, 3.8) is 0 Å². The van der Waals surface area contributed by atoms with Crippen LogP contribution in [-0.4, -0.2) is 48.5 Å². The van der Waals surface area contributed by atoms with E-state index in [2.05, 4.69) is 16.0 Å². The van der Waals surface area contributed by atoms with Crippen LogP contribution in [-0.2, 0) is 4.79 Å². The van der Waals surface area contributed by atoms with Gasteiger partial charge in [-0.25, -0.2) is 4.79 Å². The number of hydrogen-bond donors (Lipinski definition) is 5. The summed E-state index contributed by atoms with van der Waals surface area (Å²) in [6.45, 7) is 0.115. The Morgan fingerprint density at radius 2 is 2.25 bits per heavy atom. The second-order valence-electron chi connectivity index (χ2n) is 6.27. The average molecular weight is 335 g/mol. The van der Waals surface area contributed by atoms with E-state index in [4.69, 9.17) is 4.74 Å². The molecule has 1 heterocycles. The topological polar surface area (TPSA) is 120 Å². The average Bonchev–Trinajstić information content (AvgIpc) is 2.55. The molecule has 1 saturated carbocycles. The van der Waals surface area contributed by atoms with E-state index in [-0.39, 0.29) is 38.2 Å². The Morgan fingerprint density at radius 1 is 1.42 bits per heavy atom. The fraction of sp³-hybridized carbons (Fsp3) is 0.500. The van der Waals surface area contributed by atoms with E-state index in [1.807, 2.05) is 0 Å². The molecule has 3 amide bonds. The number of para-hydroxylation sites is 1. The first-order valence-corrected chi connectivity index (χ1v) is 7.90. The highest BCUT2D eigenvalue weighted by Gasteiger charge is 2.45. The number of anilines is 2. The minimum atomic E-state index is -0.452. The molecule has 8 heteroatoms. The minimum absolute atomic E-state index is 0.00356. The fourth-order valence-corrected chi connectivity index (χ4v) is 3.17. The third-order valence-electron chi connectivity index (χ3n) is 4.88. The molecular weight excluding hydrogens is 314 g/mol. The predicted octanol–water partition coefficient (Wildman–Crippen LogP) is 0.520. The Balaban J connectivity index is 1.62. The van der Waals surface area contributed by atoms with Crippen LogP contribution in [0.4, 0.5) is 16.2 Å². The molecule has 3 rings (SSSR count). The van der Waals surface area contributed by atoms with Gasteiger partial charge in [0.05, 0.1) is 18.0 Å². The number of nitrogens with one attached hydrogen (secondary N) is 3. The molecule has 1 fully saturated rings. The van der Waals surface area contributed by atoms with Crippen LogP contribution in [0, 0.1) is 11.3 Å². The van der Waals surface area contributed by atoms with E-state index < -0.39 is 11.4 Å². The van der Waals surface area contributed by atoms with E-state index in [0.29, 0.717) is 17.1 Å². The molecule has 1 aliphatic carbocycles. The van der Waals surface area contributed by atoms with Crippen LogP contribution in [0.25, 0.3) is 0 Å². The molecular formula is C16H21N3O5. The largest absolute Gasteiger partial charge is 0.479 e. The lowest BCUT2D eigenvalue weighted by Gasteiger charge is -2.47. The molecule has 1 aromatic carbocycles. The Labute approximate surface area is 139 Å². The summed E-state index contributed by atoms with van der Waals surface area (Å²) in [6, 6.07) is 4.64. The van der Waals surface area contributed by atoms with Crippen LogP contribution >= 0.6 is 0 Å². The highest BCUT2D eigenvalue weighted by Crippen LogP contribution is 2.45. The lowest BCUT2D eigenvalue weighted by molar-refractivity contribution is -0.118. The van der Waals surface area contributed by atoms with Crippen molar-refractivity contribution < 1.29 is 24.5 Å². The lowest BCUT2D eigenvalue weighted by Crippen LogP contribution is -2.53. The molecule has 2 aliphatic rings. The van der Waals surface area contributed by atoms with Gasteiger partial charge in [-0.15, -0.1) is 0 Å². The van der Waals surface area contributed by atoms with Gasteiger partial charge in [0, 0.05) is 18.6 Å². The van der Waals surface area contributed by atoms with E-state index in [1.165, 1.54) is 0 Å². The third-order valence-corrected chi connectivity index (χ3v) is 4.88. The van der Waals surface area contributed by atoms with Gasteiger partial charge in [-0.3, -0.25) is 4.79 Å². The molecule has 0 spiro atoms. The van der Waals surface area contributed by atoms with Gasteiger partial charge in [-0.05, 0) is 30.9 Å². The summed E-state index contributed by atoms with van der Waals surface area (Å²) in [7, 11) is 0. The molecule has 130 valence electrons. The normalized spacial score (nSPS) is 24.9. The summed E-state index contributed by atoms with van der Waals surface area (Å²) >= 11 is 0. The van der Waals surface area contributed by atoms with Crippen LogP contribution in [0.2, 0.25) is 0 Å². The molecule has 2 atom stereocenters. The zero-order valence-corrected chi connectivity index (χ0v) is 13.2. The number of carbonyl (C=O) groups is 2. The summed E-state index contributed by atoms with van der Waals surface area (Å²) in [6.07, 6.45) is 1.62. The van der Waals surface area contributed by atoms with Crippen LogP contribution in [0.5, 0.6) is 5.75 Å². The maximum absolute atomic E-state index is 12.2. The standard InChI is InChI=1S/C16H21N3O5/c20-6-10-4-5-16(10,9-21)8-17-15(23)19-12-3-1-2-11-14(12)24-7-13(22)18-11/h1-3,10,20-21H,4-9H2,(H,18,22)(H2,17,19,23). The number of urea groups is 1.